The first-order valence-corrected chi connectivity index (χ1v) is 17.9. The smallest absolute Gasteiger partial charge is 0.432 e. The molecular formula is C27H35N3O19P2. The molecule has 1 fully saturated rings. The van der Waals surface area contributed by atoms with Crippen LogP contribution in [0.4, 0.5) is 9.59 Å². The van der Waals surface area contributed by atoms with Gasteiger partial charge in [-0.2, -0.15) is 4.31 Å². The summed E-state index contributed by atoms with van der Waals surface area (Å²) in [6.07, 6.45) is -9.71. The molecule has 1 aromatic carbocycles. The van der Waals surface area contributed by atoms with Crippen molar-refractivity contribution in [2.45, 2.75) is 71.0 Å². The van der Waals surface area contributed by atoms with Crippen LogP contribution in [0.3, 0.4) is 0 Å². The van der Waals surface area contributed by atoms with Gasteiger partial charge in [-0.15, -0.1) is 0 Å². The number of rotatable bonds is 16. The molecule has 51 heavy (non-hydrogen) atoms. The maximum absolute atomic E-state index is 13.4. The highest BCUT2D eigenvalue weighted by Crippen LogP contribution is 2.63. The van der Waals surface area contributed by atoms with Gasteiger partial charge in [-0.3, -0.25) is 18.5 Å². The molecule has 0 spiro atoms. The Morgan fingerprint density at radius 2 is 1.53 bits per heavy atom. The molecule has 0 radical (unpaired) electrons. The molecule has 24 heteroatoms. The van der Waals surface area contributed by atoms with Crippen LogP contribution >= 0.6 is 15.6 Å². The van der Waals surface area contributed by atoms with E-state index >= 15 is 0 Å². The topological polar surface area (TPSA) is 282 Å². The standard InChI is InChI=1S/C27H35N3O19P2/c1-15(2)45-26(35)40-13-43-51(39,44-14-41-27(36)46-16(3)4)49-50(37,38)42-12-20-22(32)23(33)24(47-20)29-10-9-21(31)30(25(29)34)11-18-17-7-5-6-8-19(17)48-28-18/h5-10,15-16,20,22-24,32-33H,11-14H2,1-4H3,(H,37,38)/t20-,22?,23?,24-/m1/s1. The largest absolute Gasteiger partial charge is 0.510 e. The Labute approximate surface area is 287 Å². The zero-order chi connectivity index (χ0) is 37.5. The maximum Gasteiger partial charge on any atom is 0.510 e. The summed E-state index contributed by atoms with van der Waals surface area (Å²) in [5.74, 6) is 0. The highest BCUT2D eigenvalue weighted by molar-refractivity contribution is 7.61. The summed E-state index contributed by atoms with van der Waals surface area (Å²) in [4.78, 5) is 59.6. The molecule has 0 amide bonds. The monoisotopic (exact) mass is 767 g/mol. The van der Waals surface area contributed by atoms with E-state index in [2.05, 4.69) is 18.9 Å². The van der Waals surface area contributed by atoms with Crippen molar-refractivity contribution in [1.82, 2.24) is 14.3 Å². The van der Waals surface area contributed by atoms with Crippen LogP contribution in [0.2, 0.25) is 0 Å². The number of para-hydroxylation sites is 1. The zero-order valence-corrected chi connectivity index (χ0v) is 29.2. The van der Waals surface area contributed by atoms with Gasteiger partial charge in [-0.1, -0.05) is 17.3 Å². The van der Waals surface area contributed by atoms with Crippen molar-refractivity contribution in [3.63, 3.8) is 0 Å². The number of phosphoric ester groups is 2. The number of nitrogens with zero attached hydrogens (tertiary/aromatic N) is 3. The molecule has 1 aliphatic heterocycles. The average molecular weight is 768 g/mol. The van der Waals surface area contributed by atoms with Gasteiger partial charge < -0.3 is 43.3 Å². The van der Waals surface area contributed by atoms with Crippen LogP contribution in [0.1, 0.15) is 39.6 Å². The first-order chi connectivity index (χ1) is 24.0. The van der Waals surface area contributed by atoms with Crippen LogP contribution in [0.25, 0.3) is 11.0 Å². The Morgan fingerprint density at radius 1 is 0.922 bits per heavy atom. The summed E-state index contributed by atoms with van der Waals surface area (Å²) in [6.45, 7) is 2.22. The fourth-order valence-electron chi connectivity index (χ4n) is 4.30. The zero-order valence-electron chi connectivity index (χ0n) is 27.4. The number of phosphoric acid groups is 2. The van der Waals surface area contributed by atoms with Crippen LogP contribution in [-0.4, -0.2) is 92.4 Å². The van der Waals surface area contributed by atoms with Gasteiger partial charge in [0.25, 0.3) is 5.56 Å². The SMILES string of the molecule is CC(C)OC(=O)OCOP(=O)(OCOC(=O)OC(C)C)OP(=O)(O)OC[C@H]1O[C@@H](n2ccc(=O)n(Cc3noc4ccccc34)c2=O)C(O)C1O. The molecule has 0 bridgehead atoms. The highest BCUT2D eigenvalue weighted by Gasteiger charge is 2.47. The Morgan fingerprint density at radius 3 is 2.14 bits per heavy atom. The van der Waals surface area contributed by atoms with Crippen LogP contribution < -0.4 is 11.2 Å². The lowest BCUT2D eigenvalue weighted by atomic mass is 10.1. The number of fused-ring (bicyclic) bond motifs is 1. The van der Waals surface area contributed by atoms with E-state index in [1.54, 1.807) is 24.3 Å². The summed E-state index contributed by atoms with van der Waals surface area (Å²) in [5.41, 5.74) is -1.03. The average Bonchev–Trinajstić information content (AvgIpc) is 3.57. The fraction of sp³-hybridized carbons (Fsp3) is 0.519. The lowest BCUT2D eigenvalue weighted by Gasteiger charge is -2.21. The van der Waals surface area contributed by atoms with Crippen molar-refractivity contribution in [2.75, 3.05) is 20.2 Å². The first kappa shape index (κ1) is 39.8. The summed E-state index contributed by atoms with van der Waals surface area (Å²) in [6, 6.07) is 7.73. The Kier molecular flexibility index (Phi) is 13.3. The number of benzene rings is 1. The molecule has 3 heterocycles. The van der Waals surface area contributed by atoms with Crippen LogP contribution in [0, 0.1) is 0 Å². The van der Waals surface area contributed by atoms with Crippen molar-refractivity contribution in [3.8, 4) is 0 Å². The van der Waals surface area contributed by atoms with Gasteiger partial charge in [-0.05, 0) is 39.8 Å². The molecule has 3 N–H and O–H groups in total. The molecule has 282 valence electrons. The van der Waals surface area contributed by atoms with Crippen molar-refractivity contribution >= 4 is 38.9 Å². The third-order valence-electron chi connectivity index (χ3n) is 6.51. The molecular weight excluding hydrogens is 732 g/mol. The Balaban J connectivity index is 1.43. The van der Waals surface area contributed by atoms with E-state index in [4.69, 9.17) is 32.3 Å². The highest BCUT2D eigenvalue weighted by atomic mass is 31.3. The minimum atomic E-state index is -5.51. The fourth-order valence-corrected chi connectivity index (χ4v) is 6.65. The molecule has 3 aromatic rings. The van der Waals surface area contributed by atoms with Crippen LogP contribution in [0.15, 0.2) is 50.6 Å². The lowest BCUT2D eigenvalue weighted by molar-refractivity contribution is -0.0565. The van der Waals surface area contributed by atoms with Crippen LogP contribution in [0.5, 0.6) is 0 Å². The second-order valence-electron chi connectivity index (χ2n) is 11.0. The number of ether oxygens (including phenoxy) is 5. The first-order valence-electron chi connectivity index (χ1n) is 14.9. The second-order valence-corrected chi connectivity index (χ2v) is 14.3. The van der Waals surface area contributed by atoms with E-state index in [0.717, 1.165) is 21.4 Å². The van der Waals surface area contributed by atoms with Crippen molar-refractivity contribution in [3.05, 3.63) is 63.1 Å². The molecule has 2 aromatic heterocycles. The molecule has 1 saturated heterocycles. The van der Waals surface area contributed by atoms with E-state index in [-0.39, 0.29) is 12.2 Å². The van der Waals surface area contributed by atoms with Gasteiger partial charge >= 0.3 is 33.6 Å². The van der Waals surface area contributed by atoms with Crippen molar-refractivity contribution in [1.29, 1.82) is 0 Å². The van der Waals surface area contributed by atoms with Crippen LogP contribution in [-0.2, 0) is 57.2 Å². The molecule has 0 aliphatic carbocycles. The van der Waals surface area contributed by atoms with Crippen molar-refractivity contribution in [2.24, 2.45) is 0 Å². The van der Waals surface area contributed by atoms with Gasteiger partial charge in [0.2, 0.25) is 13.6 Å². The maximum atomic E-state index is 13.4. The van der Waals surface area contributed by atoms with Gasteiger partial charge in [0, 0.05) is 17.6 Å². The predicted molar refractivity (Wildman–Crippen MR) is 166 cm³/mol. The quantitative estimate of drug-likeness (QED) is 0.107. The van der Waals surface area contributed by atoms with Gasteiger partial charge in [0.05, 0.1) is 25.4 Å². The summed E-state index contributed by atoms with van der Waals surface area (Å²) < 4.78 is 75.5. The Bertz CT molecular complexity index is 1860. The van der Waals surface area contributed by atoms with Gasteiger partial charge in [-0.25, -0.2) is 32.6 Å². The second kappa shape index (κ2) is 17.0. The van der Waals surface area contributed by atoms with E-state index < -0.39 is 96.1 Å². The molecule has 0 saturated carbocycles. The number of hydrogen-bond donors (Lipinski definition) is 3. The number of aliphatic hydroxyl groups is 2. The normalized spacial score (nSPS) is 20.4. The number of hydrogen-bond acceptors (Lipinski definition) is 19. The van der Waals surface area contributed by atoms with Crippen molar-refractivity contribution < 1.29 is 79.9 Å². The summed E-state index contributed by atoms with van der Waals surface area (Å²) in [7, 11) is -10.8. The minimum Gasteiger partial charge on any atom is -0.432 e. The van der Waals surface area contributed by atoms with E-state index in [9.17, 15) is 43.4 Å². The number of aliphatic hydroxyl groups excluding tert-OH is 2. The summed E-state index contributed by atoms with van der Waals surface area (Å²) in [5, 5.41) is 25.8. The lowest BCUT2D eigenvalue weighted by Crippen LogP contribution is -2.43. The molecule has 4 rings (SSSR count). The van der Waals surface area contributed by atoms with E-state index in [1.165, 1.54) is 27.7 Å². The third kappa shape index (κ3) is 10.8. The number of aromatic nitrogens is 3. The Hall–Kier alpha value is -3.95. The summed E-state index contributed by atoms with van der Waals surface area (Å²) >= 11 is 0. The van der Waals surface area contributed by atoms with Gasteiger partial charge in [0.15, 0.2) is 11.8 Å². The van der Waals surface area contributed by atoms with E-state index in [1.807, 2.05) is 0 Å². The van der Waals surface area contributed by atoms with E-state index in [0.29, 0.717) is 11.0 Å². The molecule has 3 unspecified atom stereocenters. The van der Waals surface area contributed by atoms with Gasteiger partial charge in [0.1, 0.15) is 24.0 Å². The minimum absolute atomic E-state index is 0.259. The number of carbonyl (C=O) groups is 2. The molecule has 22 nitrogen and oxygen atoms in total. The third-order valence-corrected chi connectivity index (χ3v) is 9.46. The number of carbonyl (C=O) groups excluding carboxylic acids is 2. The molecule has 1 aliphatic rings. The predicted octanol–water partition coefficient (Wildman–Crippen LogP) is 2.13. The molecule has 5 atom stereocenters.